The highest BCUT2D eigenvalue weighted by Crippen LogP contribution is 2.27. The van der Waals surface area contributed by atoms with Crippen molar-refractivity contribution in [3.8, 4) is 5.75 Å². The summed E-state index contributed by atoms with van der Waals surface area (Å²) in [5, 5.41) is 13.7. The Morgan fingerprint density at radius 3 is 2.35 bits per heavy atom. The summed E-state index contributed by atoms with van der Waals surface area (Å²) >= 11 is 0. The molecular formula is C17H18N2O4. The Morgan fingerprint density at radius 2 is 1.74 bits per heavy atom. The molecule has 6 nitrogen and oxygen atoms in total. The molecule has 0 aliphatic rings. The van der Waals surface area contributed by atoms with Gasteiger partial charge in [-0.05, 0) is 55.7 Å². The third-order valence-corrected chi connectivity index (χ3v) is 3.18. The summed E-state index contributed by atoms with van der Waals surface area (Å²) in [5.41, 5.74) is 3.35. The maximum Gasteiger partial charge on any atom is 0.311 e. The molecule has 6 heteroatoms. The van der Waals surface area contributed by atoms with E-state index < -0.39 is 4.92 Å². The fourth-order valence-corrected chi connectivity index (χ4v) is 2.28. The quantitative estimate of drug-likeness (QED) is 0.676. The smallest absolute Gasteiger partial charge is 0.311 e. The second-order valence-corrected chi connectivity index (χ2v) is 5.44. The Labute approximate surface area is 134 Å². The van der Waals surface area contributed by atoms with Crippen LogP contribution in [0.4, 0.5) is 11.4 Å². The standard InChI is InChI=1S/C17H18N2O4/c1-11-4-5-16(15(9-11)19(21)22)23-10-17(20)18-14-7-12(2)6-13(3)8-14/h4-9H,10H2,1-3H3,(H,18,20). The number of amides is 1. The lowest BCUT2D eigenvalue weighted by atomic mass is 10.1. The largest absolute Gasteiger partial charge is 0.477 e. The van der Waals surface area contributed by atoms with Crippen LogP contribution in [0.3, 0.4) is 0 Å². The number of hydrogen-bond donors (Lipinski definition) is 1. The number of nitrogens with one attached hydrogen (secondary N) is 1. The summed E-state index contributed by atoms with van der Waals surface area (Å²) in [4.78, 5) is 22.4. The third kappa shape index (κ3) is 4.54. The van der Waals surface area contributed by atoms with E-state index in [9.17, 15) is 14.9 Å². The number of nitro groups is 1. The molecule has 0 heterocycles. The molecule has 2 aromatic rings. The van der Waals surface area contributed by atoms with Gasteiger partial charge in [0.25, 0.3) is 5.91 Å². The van der Waals surface area contributed by atoms with Crippen molar-refractivity contribution in [1.29, 1.82) is 0 Å². The van der Waals surface area contributed by atoms with Crippen LogP contribution >= 0.6 is 0 Å². The minimum Gasteiger partial charge on any atom is -0.477 e. The first-order chi connectivity index (χ1) is 10.8. The zero-order valence-corrected chi connectivity index (χ0v) is 13.3. The summed E-state index contributed by atoms with van der Waals surface area (Å²) in [6, 6.07) is 10.3. The van der Waals surface area contributed by atoms with Crippen LogP contribution in [0.5, 0.6) is 5.75 Å². The molecule has 0 aromatic heterocycles. The Bertz CT molecular complexity index is 736. The van der Waals surface area contributed by atoms with Gasteiger partial charge >= 0.3 is 5.69 Å². The average Bonchev–Trinajstić information content (AvgIpc) is 2.44. The zero-order chi connectivity index (χ0) is 17.0. The number of benzene rings is 2. The van der Waals surface area contributed by atoms with Crippen LogP contribution < -0.4 is 10.1 Å². The van der Waals surface area contributed by atoms with E-state index in [2.05, 4.69) is 5.32 Å². The van der Waals surface area contributed by atoms with Crippen molar-refractivity contribution in [2.45, 2.75) is 20.8 Å². The summed E-state index contributed by atoms with van der Waals surface area (Å²) < 4.78 is 5.29. The molecule has 0 saturated heterocycles. The normalized spacial score (nSPS) is 10.2. The number of nitro benzene ring substituents is 1. The number of carbonyl (C=O) groups is 1. The SMILES string of the molecule is Cc1cc(C)cc(NC(=O)COc2ccc(C)cc2[N+](=O)[O-])c1. The molecule has 0 bridgehead atoms. The van der Waals surface area contributed by atoms with Crippen molar-refractivity contribution in [1.82, 2.24) is 0 Å². The molecule has 0 spiro atoms. The Hall–Kier alpha value is -2.89. The van der Waals surface area contributed by atoms with Gasteiger partial charge in [0.05, 0.1) is 4.92 Å². The fraction of sp³-hybridized carbons (Fsp3) is 0.235. The fourth-order valence-electron chi connectivity index (χ4n) is 2.28. The molecule has 1 amide bonds. The van der Waals surface area contributed by atoms with Crippen molar-refractivity contribution >= 4 is 17.3 Å². The van der Waals surface area contributed by atoms with E-state index in [0.717, 1.165) is 16.7 Å². The molecule has 0 atom stereocenters. The lowest BCUT2D eigenvalue weighted by Crippen LogP contribution is -2.20. The van der Waals surface area contributed by atoms with E-state index in [0.29, 0.717) is 5.69 Å². The van der Waals surface area contributed by atoms with Gasteiger partial charge < -0.3 is 10.1 Å². The predicted octanol–water partition coefficient (Wildman–Crippen LogP) is 3.54. The summed E-state index contributed by atoms with van der Waals surface area (Å²) in [7, 11) is 0. The Balaban J connectivity index is 2.03. The highest BCUT2D eigenvalue weighted by atomic mass is 16.6. The second kappa shape index (κ2) is 6.91. The van der Waals surface area contributed by atoms with Gasteiger partial charge in [-0.1, -0.05) is 12.1 Å². The minimum atomic E-state index is -0.524. The maximum atomic E-state index is 12.0. The summed E-state index contributed by atoms with van der Waals surface area (Å²) in [6.45, 7) is 5.34. The molecule has 2 aromatic carbocycles. The number of nitrogens with zero attached hydrogens (tertiary/aromatic N) is 1. The van der Waals surface area contributed by atoms with E-state index in [4.69, 9.17) is 4.74 Å². The number of ether oxygens (including phenoxy) is 1. The molecule has 0 aliphatic heterocycles. The average molecular weight is 314 g/mol. The highest BCUT2D eigenvalue weighted by Gasteiger charge is 2.16. The number of hydrogen-bond acceptors (Lipinski definition) is 4. The van der Waals surface area contributed by atoms with Gasteiger partial charge in [0.2, 0.25) is 0 Å². The van der Waals surface area contributed by atoms with Gasteiger partial charge in [-0.15, -0.1) is 0 Å². The lowest BCUT2D eigenvalue weighted by molar-refractivity contribution is -0.385. The summed E-state index contributed by atoms with van der Waals surface area (Å²) in [6.07, 6.45) is 0. The Morgan fingerprint density at radius 1 is 1.09 bits per heavy atom. The van der Waals surface area contributed by atoms with Crippen molar-refractivity contribution in [2.24, 2.45) is 0 Å². The van der Waals surface area contributed by atoms with Gasteiger partial charge in [0.1, 0.15) is 0 Å². The van der Waals surface area contributed by atoms with Gasteiger partial charge in [0, 0.05) is 11.8 Å². The monoisotopic (exact) mass is 314 g/mol. The predicted molar refractivity (Wildman–Crippen MR) is 87.9 cm³/mol. The van der Waals surface area contributed by atoms with Crippen molar-refractivity contribution in [3.05, 3.63) is 63.2 Å². The number of carbonyl (C=O) groups excluding carboxylic acids is 1. The topological polar surface area (TPSA) is 81.5 Å². The molecule has 23 heavy (non-hydrogen) atoms. The first-order valence-electron chi connectivity index (χ1n) is 7.11. The molecule has 0 aliphatic carbocycles. The number of rotatable bonds is 5. The highest BCUT2D eigenvalue weighted by molar-refractivity contribution is 5.92. The van der Waals surface area contributed by atoms with E-state index in [1.165, 1.54) is 12.1 Å². The van der Waals surface area contributed by atoms with E-state index >= 15 is 0 Å². The van der Waals surface area contributed by atoms with Crippen LogP contribution in [0.1, 0.15) is 16.7 Å². The van der Waals surface area contributed by atoms with E-state index in [-0.39, 0.29) is 24.0 Å². The van der Waals surface area contributed by atoms with Gasteiger partial charge in [-0.2, -0.15) is 0 Å². The second-order valence-electron chi connectivity index (χ2n) is 5.44. The third-order valence-electron chi connectivity index (χ3n) is 3.18. The minimum absolute atomic E-state index is 0.0798. The molecule has 2 rings (SSSR count). The van der Waals surface area contributed by atoms with E-state index in [1.54, 1.807) is 13.0 Å². The van der Waals surface area contributed by atoms with Crippen LogP contribution in [0, 0.1) is 30.9 Å². The number of anilines is 1. The van der Waals surface area contributed by atoms with Crippen LogP contribution in [0.2, 0.25) is 0 Å². The lowest BCUT2D eigenvalue weighted by Gasteiger charge is -2.09. The Kier molecular flexibility index (Phi) is 4.95. The van der Waals surface area contributed by atoms with Crippen molar-refractivity contribution in [2.75, 3.05) is 11.9 Å². The zero-order valence-electron chi connectivity index (χ0n) is 13.3. The van der Waals surface area contributed by atoms with E-state index in [1.807, 2.05) is 32.0 Å². The maximum absolute atomic E-state index is 12.0. The van der Waals surface area contributed by atoms with Gasteiger partial charge in [-0.3, -0.25) is 14.9 Å². The molecule has 0 fully saturated rings. The van der Waals surface area contributed by atoms with Crippen LogP contribution in [-0.2, 0) is 4.79 Å². The first-order valence-corrected chi connectivity index (χ1v) is 7.11. The van der Waals surface area contributed by atoms with Crippen LogP contribution in [0.15, 0.2) is 36.4 Å². The van der Waals surface area contributed by atoms with Crippen molar-refractivity contribution < 1.29 is 14.5 Å². The molecular weight excluding hydrogens is 296 g/mol. The summed E-state index contributed by atoms with van der Waals surface area (Å²) in [5.74, 6) is -0.291. The van der Waals surface area contributed by atoms with Crippen LogP contribution in [-0.4, -0.2) is 17.4 Å². The number of aryl methyl sites for hydroxylation is 3. The molecule has 1 N–H and O–H groups in total. The van der Waals surface area contributed by atoms with Gasteiger partial charge in [-0.25, -0.2) is 0 Å². The molecule has 0 unspecified atom stereocenters. The van der Waals surface area contributed by atoms with Gasteiger partial charge in [0.15, 0.2) is 12.4 Å². The molecule has 0 saturated carbocycles. The first kappa shape index (κ1) is 16.5. The van der Waals surface area contributed by atoms with Crippen molar-refractivity contribution in [3.63, 3.8) is 0 Å². The molecule has 0 radical (unpaired) electrons. The molecule has 120 valence electrons. The van der Waals surface area contributed by atoms with Crippen LogP contribution in [0.25, 0.3) is 0 Å².